The van der Waals surface area contributed by atoms with Gasteiger partial charge in [-0.05, 0) is 44.4 Å². The lowest BCUT2D eigenvalue weighted by atomic mass is 10.2. The minimum Gasteiger partial charge on any atom is -0.276 e. The third-order valence-electron chi connectivity index (χ3n) is 1.13. The number of hydrogen-bond donors (Lipinski definition) is 0. The molecule has 0 saturated carbocycles. The maximum Gasteiger partial charge on any atom is 0.244 e. The number of allylic oxidation sites excluding steroid dienone is 4. The minimum atomic E-state index is -0.401. The highest BCUT2D eigenvalue weighted by molar-refractivity contribution is 6.66. The normalized spacial score (nSPS) is 10.1. The van der Waals surface area contributed by atoms with Gasteiger partial charge in [0.15, 0.2) is 0 Å². The Morgan fingerprint density at radius 1 is 1.36 bits per heavy atom. The molecule has 0 rings (SSSR count). The van der Waals surface area contributed by atoms with Crippen molar-refractivity contribution in [2.45, 2.75) is 26.7 Å². The van der Waals surface area contributed by atoms with E-state index in [2.05, 4.69) is 19.9 Å². The summed E-state index contributed by atoms with van der Waals surface area (Å²) in [6, 6.07) is 0. The number of rotatable bonds is 4. The van der Waals surface area contributed by atoms with E-state index in [1.54, 1.807) is 6.08 Å². The van der Waals surface area contributed by atoms with Crippen LogP contribution in [0.1, 0.15) is 26.7 Å². The van der Waals surface area contributed by atoms with E-state index in [0.717, 1.165) is 12.8 Å². The van der Waals surface area contributed by atoms with Gasteiger partial charge in [0.05, 0.1) is 0 Å². The predicted octanol–water partition coefficient (Wildman–Crippen LogP) is 3.05. The van der Waals surface area contributed by atoms with Crippen molar-refractivity contribution >= 4 is 16.8 Å². The molecule has 0 unspecified atom stereocenters. The van der Waals surface area contributed by atoms with E-state index in [1.807, 2.05) is 0 Å². The first kappa shape index (κ1) is 10.4. The monoisotopic (exact) mass is 172 g/mol. The topological polar surface area (TPSA) is 17.1 Å². The van der Waals surface area contributed by atoms with Crippen molar-refractivity contribution in [3.63, 3.8) is 0 Å². The number of carbonyl (C=O) groups is 1. The van der Waals surface area contributed by atoms with Gasteiger partial charge in [-0.3, -0.25) is 4.79 Å². The van der Waals surface area contributed by atoms with Crippen LogP contribution in [-0.4, -0.2) is 5.24 Å². The molecule has 0 heterocycles. The van der Waals surface area contributed by atoms with Gasteiger partial charge < -0.3 is 0 Å². The van der Waals surface area contributed by atoms with Crippen molar-refractivity contribution in [3.8, 4) is 0 Å². The molecule has 0 amide bonds. The summed E-state index contributed by atoms with van der Waals surface area (Å²) in [6.45, 7) is 4.10. The number of unbranched alkanes of at least 4 members (excludes halogenated alkanes) is 1. The molecule has 1 nitrogen and oxygen atoms in total. The Bertz CT molecular complexity index is 176. The summed E-state index contributed by atoms with van der Waals surface area (Å²) in [4.78, 5) is 10.2. The third kappa shape index (κ3) is 9.44. The van der Waals surface area contributed by atoms with Gasteiger partial charge in [-0.1, -0.05) is 17.7 Å². The maximum atomic E-state index is 10.2. The molecule has 0 aliphatic carbocycles. The van der Waals surface area contributed by atoms with Crippen LogP contribution in [0.2, 0.25) is 0 Å². The summed E-state index contributed by atoms with van der Waals surface area (Å²) >= 11 is 5.08. The Morgan fingerprint density at radius 2 is 2.00 bits per heavy atom. The van der Waals surface area contributed by atoms with E-state index < -0.39 is 5.24 Å². The molecule has 0 radical (unpaired) electrons. The van der Waals surface area contributed by atoms with Gasteiger partial charge in [0.25, 0.3) is 0 Å². The standard InChI is InChI=1S/C9H13ClO/c1-8(2)6-4-3-5-7-9(10)11/h5-7H,3-4H2,1-2H3/b7-5+. The molecule has 11 heavy (non-hydrogen) atoms. The molecular formula is C9H13ClO. The smallest absolute Gasteiger partial charge is 0.244 e. The van der Waals surface area contributed by atoms with Crippen LogP contribution in [0.15, 0.2) is 23.8 Å². The number of carbonyl (C=O) groups excluding carboxylic acids is 1. The summed E-state index contributed by atoms with van der Waals surface area (Å²) in [7, 11) is 0. The Morgan fingerprint density at radius 3 is 2.45 bits per heavy atom. The van der Waals surface area contributed by atoms with Gasteiger partial charge in [-0.2, -0.15) is 0 Å². The molecule has 0 atom stereocenters. The molecule has 0 aromatic rings. The second kappa shape index (κ2) is 6.17. The van der Waals surface area contributed by atoms with E-state index in [1.165, 1.54) is 11.6 Å². The van der Waals surface area contributed by atoms with Crippen molar-refractivity contribution in [2.75, 3.05) is 0 Å². The highest BCUT2D eigenvalue weighted by atomic mass is 35.5. The van der Waals surface area contributed by atoms with Crippen LogP contribution >= 0.6 is 11.6 Å². The Labute approximate surface area is 72.7 Å². The first-order chi connectivity index (χ1) is 5.13. The summed E-state index contributed by atoms with van der Waals surface area (Å²) in [5, 5.41) is -0.401. The van der Waals surface area contributed by atoms with E-state index >= 15 is 0 Å². The molecule has 0 fully saturated rings. The molecule has 0 aliphatic heterocycles. The molecule has 0 saturated heterocycles. The van der Waals surface area contributed by atoms with Crippen molar-refractivity contribution in [1.29, 1.82) is 0 Å². The van der Waals surface area contributed by atoms with E-state index in [-0.39, 0.29) is 0 Å². The third-order valence-corrected chi connectivity index (χ3v) is 1.26. The van der Waals surface area contributed by atoms with Crippen molar-refractivity contribution in [3.05, 3.63) is 23.8 Å². The van der Waals surface area contributed by atoms with Crippen LogP contribution in [-0.2, 0) is 4.79 Å². The Kier molecular flexibility index (Phi) is 5.86. The molecule has 0 aromatic heterocycles. The lowest BCUT2D eigenvalue weighted by Crippen LogP contribution is -1.74. The highest BCUT2D eigenvalue weighted by Crippen LogP contribution is 1.98. The quantitative estimate of drug-likeness (QED) is 0.276. The van der Waals surface area contributed by atoms with E-state index in [0.29, 0.717) is 0 Å². The van der Waals surface area contributed by atoms with E-state index in [9.17, 15) is 4.79 Å². The Hall–Kier alpha value is -0.560. The number of halogens is 1. The largest absolute Gasteiger partial charge is 0.276 e. The zero-order valence-electron chi connectivity index (χ0n) is 6.93. The summed E-state index contributed by atoms with van der Waals surface area (Å²) in [5.74, 6) is 0. The minimum absolute atomic E-state index is 0.401. The fraction of sp³-hybridized carbons (Fsp3) is 0.444. The second-order valence-corrected chi connectivity index (χ2v) is 2.94. The molecule has 2 heteroatoms. The predicted molar refractivity (Wildman–Crippen MR) is 48.7 cm³/mol. The highest BCUT2D eigenvalue weighted by Gasteiger charge is 1.83. The lowest BCUT2D eigenvalue weighted by Gasteiger charge is -1.87. The average molecular weight is 173 g/mol. The summed E-state index contributed by atoms with van der Waals surface area (Å²) < 4.78 is 0. The van der Waals surface area contributed by atoms with Crippen molar-refractivity contribution in [1.82, 2.24) is 0 Å². The average Bonchev–Trinajstić information content (AvgIpc) is 1.85. The number of hydrogen-bond acceptors (Lipinski definition) is 1. The van der Waals surface area contributed by atoms with Crippen molar-refractivity contribution in [2.24, 2.45) is 0 Å². The fourth-order valence-electron chi connectivity index (χ4n) is 0.644. The van der Waals surface area contributed by atoms with Crippen LogP contribution in [0, 0.1) is 0 Å². The molecular weight excluding hydrogens is 160 g/mol. The van der Waals surface area contributed by atoms with Crippen LogP contribution in [0.5, 0.6) is 0 Å². The summed E-state index contributed by atoms with van der Waals surface area (Å²) in [5.41, 5.74) is 1.30. The van der Waals surface area contributed by atoms with Crippen LogP contribution < -0.4 is 0 Å². The van der Waals surface area contributed by atoms with Gasteiger partial charge in [-0.25, -0.2) is 0 Å². The SMILES string of the molecule is CC(C)=CCC/C=C/C(=O)Cl. The molecule has 0 spiro atoms. The van der Waals surface area contributed by atoms with Gasteiger partial charge >= 0.3 is 0 Å². The zero-order valence-corrected chi connectivity index (χ0v) is 7.69. The maximum absolute atomic E-state index is 10.2. The van der Waals surface area contributed by atoms with E-state index in [4.69, 9.17) is 11.6 Å². The summed E-state index contributed by atoms with van der Waals surface area (Å²) in [6.07, 6.45) is 7.16. The molecule has 0 aromatic carbocycles. The second-order valence-electron chi connectivity index (χ2n) is 2.57. The van der Waals surface area contributed by atoms with Gasteiger partial charge in [0.1, 0.15) is 0 Å². The van der Waals surface area contributed by atoms with Gasteiger partial charge in [-0.15, -0.1) is 0 Å². The van der Waals surface area contributed by atoms with Gasteiger partial charge in [0, 0.05) is 0 Å². The van der Waals surface area contributed by atoms with Crippen LogP contribution in [0.25, 0.3) is 0 Å². The van der Waals surface area contributed by atoms with Crippen molar-refractivity contribution < 1.29 is 4.79 Å². The van der Waals surface area contributed by atoms with Crippen LogP contribution in [0.3, 0.4) is 0 Å². The molecule has 0 aliphatic rings. The fourth-order valence-corrected chi connectivity index (χ4v) is 0.733. The molecule has 0 bridgehead atoms. The zero-order chi connectivity index (χ0) is 8.69. The first-order valence-electron chi connectivity index (χ1n) is 3.62. The van der Waals surface area contributed by atoms with Gasteiger partial charge in [0.2, 0.25) is 5.24 Å². The lowest BCUT2D eigenvalue weighted by molar-refractivity contribution is -0.107. The molecule has 62 valence electrons. The Balaban J connectivity index is 3.42. The first-order valence-corrected chi connectivity index (χ1v) is 4.00. The van der Waals surface area contributed by atoms with Crippen LogP contribution in [0.4, 0.5) is 0 Å². The molecule has 0 N–H and O–H groups in total.